The molecule has 2 rings (SSSR count). The van der Waals surface area contributed by atoms with Crippen molar-refractivity contribution in [2.45, 2.75) is 37.7 Å². The van der Waals surface area contributed by atoms with E-state index in [0.29, 0.717) is 13.0 Å². The lowest BCUT2D eigenvalue weighted by Crippen LogP contribution is -2.52. The summed E-state index contributed by atoms with van der Waals surface area (Å²) in [7, 11) is -3.69. The molecule has 0 saturated carbocycles. The van der Waals surface area contributed by atoms with Gasteiger partial charge in [-0.2, -0.15) is 0 Å². The van der Waals surface area contributed by atoms with Crippen LogP contribution in [0.5, 0.6) is 0 Å². The number of primary sulfonamides is 1. The lowest BCUT2D eigenvalue weighted by molar-refractivity contribution is 0.00144. The molecule has 21 heavy (non-hydrogen) atoms. The van der Waals surface area contributed by atoms with Crippen LogP contribution in [0.4, 0.5) is 10.3 Å². The SMILES string of the molecule is CC(C)OC1C[C@H](S(N)(=O)=O)CN(c2ncc(F)cn2)C1. The Bertz CT molecular complexity index is 579. The maximum Gasteiger partial charge on any atom is 0.225 e. The van der Waals surface area contributed by atoms with E-state index in [4.69, 9.17) is 9.88 Å². The van der Waals surface area contributed by atoms with Crippen molar-refractivity contribution in [1.82, 2.24) is 9.97 Å². The van der Waals surface area contributed by atoms with Gasteiger partial charge in [0.05, 0.1) is 29.9 Å². The Balaban J connectivity index is 2.21. The molecule has 0 radical (unpaired) electrons. The molecule has 1 saturated heterocycles. The number of nitrogens with zero attached hydrogens (tertiary/aromatic N) is 3. The van der Waals surface area contributed by atoms with Crippen LogP contribution in [0, 0.1) is 5.82 Å². The minimum absolute atomic E-state index is 0.0368. The summed E-state index contributed by atoms with van der Waals surface area (Å²) in [5, 5.41) is 4.50. The molecule has 1 aliphatic heterocycles. The Morgan fingerprint density at radius 2 is 2.00 bits per heavy atom. The van der Waals surface area contributed by atoms with Crippen molar-refractivity contribution in [3.63, 3.8) is 0 Å². The van der Waals surface area contributed by atoms with Crippen LogP contribution < -0.4 is 10.0 Å². The van der Waals surface area contributed by atoms with E-state index in [-0.39, 0.29) is 24.7 Å². The van der Waals surface area contributed by atoms with Crippen molar-refractivity contribution >= 4 is 16.0 Å². The largest absolute Gasteiger partial charge is 0.374 e. The normalized spacial score (nSPS) is 23.6. The van der Waals surface area contributed by atoms with Crippen molar-refractivity contribution in [2.24, 2.45) is 5.14 Å². The fourth-order valence-electron chi connectivity index (χ4n) is 2.36. The van der Waals surface area contributed by atoms with Gasteiger partial charge >= 0.3 is 0 Å². The summed E-state index contributed by atoms with van der Waals surface area (Å²) >= 11 is 0. The molecule has 1 aromatic heterocycles. The number of anilines is 1. The molecule has 2 N–H and O–H groups in total. The molecule has 1 fully saturated rings. The molecule has 1 unspecified atom stereocenters. The summed E-state index contributed by atoms with van der Waals surface area (Å²) in [6.45, 7) is 4.36. The number of halogens is 1. The lowest BCUT2D eigenvalue weighted by Gasteiger charge is -2.37. The van der Waals surface area contributed by atoms with E-state index < -0.39 is 21.1 Å². The second kappa shape index (κ2) is 6.20. The molecule has 7 nitrogen and oxygen atoms in total. The number of aromatic nitrogens is 2. The number of rotatable bonds is 4. The van der Waals surface area contributed by atoms with Crippen LogP contribution in [0.2, 0.25) is 0 Å². The second-order valence-electron chi connectivity index (χ2n) is 5.36. The van der Waals surface area contributed by atoms with Crippen molar-refractivity contribution in [2.75, 3.05) is 18.0 Å². The molecule has 0 bridgehead atoms. The van der Waals surface area contributed by atoms with Crippen LogP contribution in [0.25, 0.3) is 0 Å². The summed E-state index contributed by atoms with van der Waals surface area (Å²) in [5.41, 5.74) is 0. The van der Waals surface area contributed by atoms with Crippen LogP contribution in [0.1, 0.15) is 20.3 Å². The van der Waals surface area contributed by atoms with E-state index in [0.717, 1.165) is 12.4 Å². The first kappa shape index (κ1) is 16.1. The van der Waals surface area contributed by atoms with Gasteiger partial charge in [-0.05, 0) is 20.3 Å². The van der Waals surface area contributed by atoms with Crippen molar-refractivity contribution < 1.29 is 17.5 Å². The van der Waals surface area contributed by atoms with Gasteiger partial charge in [-0.3, -0.25) is 0 Å². The van der Waals surface area contributed by atoms with E-state index in [2.05, 4.69) is 9.97 Å². The van der Waals surface area contributed by atoms with Gasteiger partial charge in [0.25, 0.3) is 0 Å². The maximum atomic E-state index is 12.9. The molecule has 2 heterocycles. The summed E-state index contributed by atoms with van der Waals surface area (Å²) in [6.07, 6.45) is 2.08. The standard InChI is InChI=1S/C12H19FN4O3S/c1-8(2)20-10-3-11(21(14,18)19)7-17(6-10)12-15-4-9(13)5-16-12/h4-5,8,10-11H,3,6-7H2,1-2H3,(H2,14,18,19)/t10?,11-/m0/s1. The third kappa shape index (κ3) is 4.32. The Hall–Kier alpha value is -1.32. The highest BCUT2D eigenvalue weighted by atomic mass is 32.2. The highest BCUT2D eigenvalue weighted by Gasteiger charge is 2.35. The van der Waals surface area contributed by atoms with Crippen molar-refractivity contribution in [1.29, 1.82) is 0 Å². The smallest absolute Gasteiger partial charge is 0.225 e. The fraction of sp³-hybridized carbons (Fsp3) is 0.667. The molecule has 0 amide bonds. The van der Waals surface area contributed by atoms with Gasteiger partial charge < -0.3 is 9.64 Å². The molecule has 2 atom stereocenters. The minimum atomic E-state index is -3.69. The Labute approximate surface area is 123 Å². The number of hydrogen-bond donors (Lipinski definition) is 1. The van der Waals surface area contributed by atoms with E-state index in [9.17, 15) is 12.8 Å². The zero-order chi connectivity index (χ0) is 15.6. The third-order valence-electron chi connectivity index (χ3n) is 3.19. The summed E-state index contributed by atoms with van der Waals surface area (Å²) in [5.74, 6) is -0.282. The highest BCUT2D eigenvalue weighted by Crippen LogP contribution is 2.22. The third-order valence-corrected chi connectivity index (χ3v) is 4.46. The van der Waals surface area contributed by atoms with Gasteiger partial charge in [-0.25, -0.2) is 27.9 Å². The molecular weight excluding hydrogens is 299 g/mol. The van der Waals surface area contributed by atoms with Crippen molar-refractivity contribution in [3.8, 4) is 0 Å². The van der Waals surface area contributed by atoms with Crippen LogP contribution in [0.3, 0.4) is 0 Å². The van der Waals surface area contributed by atoms with Gasteiger partial charge in [-0.1, -0.05) is 0 Å². The van der Waals surface area contributed by atoms with E-state index in [1.807, 2.05) is 13.8 Å². The molecular formula is C12H19FN4O3S. The first-order valence-electron chi connectivity index (χ1n) is 6.65. The summed E-state index contributed by atoms with van der Waals surface area (Å²) in [4.78, 5) is 9.42. The topological polar surface area (TPSA) is 98.4 Å². The number of nitrogens with two attached hydrogens (primary N) is 1. The van der Waals surface area contributed by atoms with E-state index in [1.165, 1.54) is 0 Å². The number of hydrogen-bond acceptors (Lipinski definition) is 6. The van der Waals surface area contributed by atoms with Crippen LogP contribution >= 0.6 is 0 Å². The average molecular weight is 318 g/mol. The molecule has 0 aromatic carbocycles. The molecule has 1 aromatic rings. The van der Waals surface area contributed by atoms with Crippen LogP contribution in [0.15, 0.2) is 12.4 Å². The Morgan fingerprint density at radius 3 is 2.52 bits per heavy atom. The predicted octanol–water partition coefficient (Wildman–Crippen LogP) is 0.276. The predicted molar refractivity (Wildman–Crippen MR) is 75.7 cm³/mol. The first-order valence-corrected chi connectivity index (χ1v) is 8.26. The van der Waals surface area contributed by atoms with Gasteiger partial charge in [0, 0.05) is 13.1 Å². The number of sulfonamides is 1. The Kier molecular flexibility index (Phi) is 4.74. The monoisotopic (exact) mass is 318 g/mol. The molecule has 9 heteroatoms. The fourth-order valence-corrected chi connectivity index (χ4v) is 3.23. The van der Waals surface area contributed by atoms with E-state index in [1.54, 1.807) is 4.90 Å². The maximum absolute atomic E-state index is 12.9. The van der Waals surface area contributed by atoms with Crippen LogP contribution in [-0.2, 0) is 14.8 Å². The lowest BCUT2D eigenvalue weighted by atomic mass is 10.1. The number of ether oxygens (including phenoxy) is 1. The van der Waals surface area contributed by atoms with Gasteiger partial charge in [0.1, 0.15) is 0 Å². The quantitative estimate of drug-likeness (QED) is 0.856. The summed E-state index contributed by atoms with van der Waals surface area (Å²) in [6, 6.07) is 0. The molecule has 0 spiro atoms. The minimum Gasteiger partial charge on any atom is -0.374 e. The average Bonchev–Trinajstić information content (AvgIpc) is 2.37. The number of piperidine rings is 1. The zero-order valence-corrected chi connectivity index (χ0v) is 12.8. The molecule has 118 valence electrons. The highest BCUT2D eigenvalue weighted by molar-refractivity contribution is 7.89. The van der Waals surface area contributed by atoms with Gasteiger partial charge in [-0.15, -0.1) is 0 Å². The van der Waals surface area contributed by atoms with Gasteiger partial charge in [0.15, 0.2) is 5.82 Å². The zero-order valence-electron chi connectivity index (χ0n) is 11.9. The van der Waals surface area contributed by atoms with E-state index >= 15 is 0 Å². The first-order chi connectivity index (χ1) is 9.75. The molecule has 0 aliphatic carbocycles. The molecule has 1 aliphatic rings. The Morgan fingerprint density at radius 1 is 1.38 bits per heavy atom. The summed E-state index contributed by atoms with van der Waals surface area (Å²) < 4.78 is 41.9. The second-order valence-corrected chi connectivity index (χ2v) is 7.20. The van der Waals surface area contributed by atoms with Gasteiger partial charge in [0.2, 0.25) is 16.0 Å². The van der Waals surface area contributed by atoms with Crippen molar-refractivity contribution in [3.05, 3.63) is 18.2 Å². The van der Waals surface area contributed by atoms with Crippen LogP contribution in [-0.4, -0.2) is 48.9 Å².